The zero-order valence-electron chi connectivity index (χ0n) is 20.6. The summed E-state index contributed by atoms with van der Waals surface area (Å²) in [6.45, 7) is 18.2. The lowest BCUT2D eigenvalue weighted by molar-refractivity contribution is -0.148. The molecule has 0 fully saturated rings. The summed E-state index contributed by atoms with van der Waals surface area (Å²) >= 11 is 0. The van der Waals surface area contributed by atoms with Crippen LogP contribution in [0.2, 0.25) is 0 Å². The highest BCUT2D eigenvalue weighted by molar-refractivity contribution is 5.92. The van der Waals surface area contributed by atoms with Crippen LogP contribution in [0.5, 0.6) is 0 Å². The SMILES string of the molecule is Cc1cccc(C(C(=O)NC(C)C)N(C(=O)C(C)NC(=O)OC(C)(C)C)C(C)(C)C)c1. The molecule has 2 unspecified atom stereocenters. The third-order valence-electron chi connectivity index (χ3n) is 4.36. The molecule has 1 aromatic rings. The van der Waals surface area contributed by atoms with E-state index in [1.54, 1.807) is 32.6 Å². The first kappa shape index (κ1) is 26.5. The van der Waals surface area contributed by atoms with E-state index in [0.29, 0.717) is 5.56 Å². The van der Waals surface area contributed by atoms with E-state index in [0.717, 1.165) is 5.56 Å². The fraction of sp³-hybridized carbons (Fsp3) is 0.625. The number of aryl methyl sites for hydroxylation is 1. The monoisotopic (exact) mass is 433 g/mol. The Morgan fingerprint density at radius 1 is 0.968 bits per heavy atom. The minimum atomic E-state index is -0.881. The summed E-state index contributed by atoms with van der Waals surface area (Å²) in [4.78, 5) is 40.6. The van der Waals surface area contributed by atoms with E-state index in [4.69, 9.17) is 4.74 Å². The first-order chi connectivity index (χ1) is 14.0. The number of hydrogen-bond donors (Lipinski definition) is 2. The fourth-order valence-electron chi connectivity index (χ4n) is 3.22. The van der Waals surface area contributed by atoms with Gasteiger partial charge in [-0.15, -0.1) is 0 Å². The summed E-state index contributed by atoms with van der Waals surface area (Å²) < 4.78 is 5.28. The Morgan fingerprint density at radius 2 is 1.55 bits per heavy atom. The fourth-order valence-corrected chi connectivity index (χ4v) is 3.22. The molecule has 2 atom stereocenters. The molecule has 3 amide bonds. The van der Waals surface area contributed by atoms with Crippen molar-refractivity contribution in [3.8, 4) is 0 Å². The Balaban J connectivity index is 3.37. The second kappa shape index (κ2) is 10.2. The Hall–Kier alpha value is -2.57. The largest absolute Gasteiger partial charge is 0.444 e. The Kier molecular flexibility index (Phi) is 8.67. The molecule has 1 rings (SSSR count). The van der Waals surface area contributed by atoms with Crippen LogP contribution >= 0.6 is 0 Å². The lowest BCUT2D eigenvalue weighted by Gasteiger charge is -2.42. The molecule has 0 saturated carbocycles. The van der Waals surface area contributed by atoms with Gasteiger partial charge in [-0.25, -0.2) is 4.79 Å². The van der Waals surface area contributed by atoms with Crippen molar-refractivity contribution in [1.29, 1.82) is 0 Å². The minimum Gasteiger partial charge on any atom is -0.444 e. The van der Waals surface area contributed by atoms with Gasteiger partial charge >= 0.3 is 6.09 Å². The van der Waals surface area contributed by atoms with Gasteiger partial charge in [-0.3, -0.25) is 9.59 Å². The van der Waals surface area contributed by atoms with Crippen LogP contribution < -0.4 is 10.6 Å². The van der Waals surface area contributed by atoms with Gasteiger partial charge in [0.1, 0.15) is 17.7 Å². The van der Waals surface area contributed by atoms with E-state index in [-0.39, 0.29) is 17.9 Å². The van der Waals surface area contributed by atoms with Gasteiger partial charge in [-0.2, -0.15) is 0 Å². The smallest absolute Gasteiger partial charge is 0.408 e. The van der Waals surface area contributed by atoms with E-state index in [2.05, 4.69) is 10.6 Å². The minimum absolute atomic E-state index is 0.0889. The molecule has 0 heterocycles. The summed E-state index contributed by atoms with van der Waals surface area (Å²) in [5.74, 6) is -0.642. The summed E-state index contributed by atoms with van der Waals surface area (Å²) in [5.41, 5.74) is 0.327. The molecule has 0 spiro atoms. The number of hydrogen-bond acceptors (Lipinski definition) is 4. The maximum atomic E-state index is 13.6. The van der Waals surface area contributed by atoms with E-state index < -0.39 is 29.3 Å². The van der Waals surface area contributed by atoms with Crippen molar-refractivity contribution in [2.24, 2.45) is 0 Å². The Morgan fingerprint density at radius 3 is 2.00 bits per heavy atom. The number of rotatable bonds is 6. The van der Waals surface area contributed by atoms with E-state index in [9.17, 15) is 14.4 Å². The van der Waals surface area contributed by atoms with Crippen LogP contribution in [-0.2, 0) is 14.3 Å². The number of ether oxygens (including phenoxy) is 1. The summed E-state index contributed by atoms with van der Waals surface area (Å²) in [5, 5.41) is 5.54. The van der Waals surface area contributed by atoms with Gasteiger partial charge in [0, 0.05) is 11.6 Å². The van der Waals surface area contributed by atoms with Crippen molar-refractivity contribution in [3.05, 3.63) is 35.4 Å². The predicted molar refractivity (Wildman–Crippen MR) is 123 cm³/mol. The highest BCUT2D eigenvalue weighted by atomic mass is 16.6. The van der Waals surface area contributed by atoms with Crippen LogP contribution in [0.1, 0.15) is 79.5 Å². The molecular formula is C24H39N3O4. The van der Waals surface area contributed by atoms with Gasteiger partial charge in [0.25, 0.3) is 0 Å². The zero-order chi connectivity index (χ0) is 24.1. The molecule has 0 aromatic heterocycles. The Bertz CT molecular complexity index is 791. The molecule has 0 aliphatic carbocycles. The van der Waals surface area contributed by atoms with E-state index in [1.165, 1.54) is 0 Å². The summed E-state index contributed by atoms with van der Waals surface area (Å²) in [6, 6.07) is 5.74. The molecule has 2 N–H and O–H groups in total. The van der Waals surface area contributed by atoms with Crippen molar-refractivity contribution in [3.63, 3.8) is 0 Å². The summed E-state index contributed by atoms with van der Waals surface area (Å²) in [7, 11) is 0. The molecule has 7 heteroatoms. The molecule has 0 aliphatic rings. The summed E-state index contributed by atoms with van der Waals surface area (Å²) in [6.07, 6.45) is -0.680. The third-order valence-corrected chi connectivity index (χ3v) is 4.36. The standard InChI is InChI=1S/C24H39N3O4/c1-15(2)25-20(28)19(18-13-11-12-16(3)14-18)27(23(5,6)7)21(29)17(4)26-22(30)31-24(8,9)10/h11-15,17,19H,1-10H3,(H,25,28)(H,26,30). The highest BCUT2D eigenvalue weighted by Gasteiger charge is 2.40. The molecule has 174 valence electrons. The van der Waals surface area contributed by atoms with E-state index in [1.807, 2.05) is 65.8 Å². The maximum Gasteiger partial charge on any atom is 0.408 e. The molecule has 0 bridgehead atoms. The molecule has 1 aromatic carbocycles. The van der Waals surface area contributed by atoms with Crippen molar-refractivity contribution in [2.45, 2.75) is 98.5 Å². The van der Waals surface area contributed by atoms with Crippen LogP contribution in [0.15, 0.2) is 24.3 Å². The van der Waals surface area contributed by atoms with Crippen molar-refractivity contribution in [1.82, 2.24) is 15.5 Å². The van der Waals surface area contributed by atoms with Crippen LogP contribution in [-0.4, -0.2) is 46.0 Å². The molecule has 0 saturated heterocycles. The van der Waals surface area contributed by atoms with Crippen molar-refractivity contribution < 1.29 is 19.1 Å². The van der Waals surface area contributed by atoms with Crippen LogP contribution in [0.4, 0.5) is 4.79 Å². The van der Waals surface area contributed by atoms with E-state index >= 15 is 0 Å². The van der Waals surface area contributed by atoms with Gasteiger partial charge < -0.3 is 20.3 Å². The van der Waals surface area contributed by atoms with Gasteiger partial charge in [0.2, 0.25) is 11.8 Å². The zero-order valence-corrected chi connectivity index (χ0v) is 20.6. The van der Waals surface area contributed by atoms with Gasteiger partial charge in [-0.05, 0) is 74.8 Å². The average molecular weight is 434 g/mol. The number of nitrogens with zero attached hydrogens (tertiary/aromatic N) is 1. The number of carbonyl (C=O) groups excluding carboxylic acids is 3. The topological polar surface area (TPSA) is 87.7 Å². The molecule has 7 nitrogen and oxygen atoms in total. The van der Waals surface area contributed by atoms with Crippen LogP contribution in [0.3, 0.4) is 0 Å². The molecule has 31 heavy (non-hydrogen) atoms. The highest BCUT2D eigenvalue weighted by Crippen LogP contribution is 2.30. The average Bonchev–Trinajstić information content (AvgIpc) is 2.55. The molecular weight excluding hydrogens is 394 g/mol. The first-order valence-electron chi connectivity index (χ1n) is 10.7. The van der Waals surface area contributed by atoms with Gasteiger partial charge in [0.05, 0.1) is 0 Å². The number of benzene rings is 1. The second-order valence-electron chi connectivity index (χ2n) is 10.2. The van der Waals surface area contributed by atoms with Crippen molar-refractivity contribution >= 4 is 17.9 Å². The number of amides is 3. The van der Waals surface area contributed by atoms with Crippen LogP contribution in [0, 0.1) is 6.92 Å². The lowest BCUT2D eigenvalue weighted by atomic mass is 9.94. The Labute approximate surface area is 186 Å². The lowest BCUT2D eigenvalue weighted by Crippen LogP contribution is -2.58. The maximum absolute atomic E-state index is 13.6. The molecule has 0 radical (unpaired) electrons. The number of carbonyl (C=O) groups is 3. The van der Waals surface area contributed by atoms with Gasteiger partial charge in [0.15, 0.2) is 0 Å². The van der Waals surface area contributed by atoms with Crippen molar-refractivity contribution in [2.75, 3.05) is 0 Å². The molecule has 0 aliphatic heterocycles. The van der Waals surface area contributed by atoms with Crippen LogP contribution in [0.25, 0.3) is 0 Å². The first-order valence-corrected chi connectivity index (χ1v) is 10.7. The quantitative estimate of drug-likeness (QED) is 0.707. The normalized spacial score (nSPS) is 13.9. The van der Waals surface area contributed by atoms with Gasteiger partial charge in [-0.1, -0.05) is 29.8 Å². The predicted octanol–water partition coefficient (Wildman–Crippen LogP) is 4.10. The third kappa shape index (κ3) is 8.23. The number of alkyl carbamates (subject to hydrolysis) is 1. The number of nitrogens with one attached hydrogen (secondary N) is 2. The second-order valence-corrected chi connectivity index (χ2v) is 10.2.